The fourth-order valence-electron chi connectivity index (χ4n) is 1.10. The van der Waals surface area contributed by atoms with Crippen molar-refractivity contribution in [2.45, 2.75) is 17.6 Å². The normalized spacial score (nSPS) is 10.7. The second-order valence-corrected chi connectivity index (χ2v) is 6.10. The number of hydrogen-bond acceptors (Lipinski definition) is 3. The fourth-order valence-corrected chi connectivity index (χ4v) is 3.57. The third-order valence-corrected chi connectivity index (χ3v) is 4.89. The maximum Gasteiger partial charge on any atom is 0.114 e. The van der Waals surface area contributed by atoms with E-state index in [0.29, 0.717) is 0 Å². The highest BCUT2D eigenvalue weighted by atomic mass is 79.9. The largest absolute Gasteiger partial charge is 0.468 e. The van der Waals surface area contributed by atoms with E-state index >= 15 is 0 Å². The highest BCUT2D eigenvalue weighted by Gasteiger charge is 2.05. The molecule has 0 fully saturated rings. The van der Waals surface area contributed by atoms with Gasteiger partial charge in [-0.15, -0.1) is 23.1 Å². The van der Waals surface area contributed by atoms with Crippen LogP contribution in [-0.2, 0) is 5.75 Å². The zero-order valence-electron chi connectivity index (χ0n) is 7.62. The molecule has 0 saturated heterocycles. The van der Waals surface area contributed by atoms with Gasteiger partial charge in [-0.05, 0) is 45.9 Å². The van der Waals surface area contributed by atoms with Crippen molar-refractivity contribution in [3.63, 3.8) is 0 Å². The van der Waals surface area contributed by atoms with Crippen LogP contribution in [0.4, 0.5) is 0 Å². The van der Waals surface area contributed by atoms with Crippen LogP contribution in [0.3, 0.4) is 0 Å². The highest BCUT2D eigenvalue weighted by molar-refractivity contribution is 9.11. The molecular formula is C10H9BrOS2. The van der Waals surface area contributed by atoms with Gasteiger partial charge in [-0.2, -0.15) is 0 Å². The molecule has 14 heavy (non-hydrogen) atoms. The van der Waals surface area contributed by atoms with Crippen LogP contribution < -0.4 is 0 Å². The van der Waals surface area contributed by atoms with E-state index in [0.717, 1.165) is 11.5 Å². The van der Waals surface area contributed by atoms with Gasteiger partial charge in [0.2, 0.25) is 0 Å². The quantitative estimate of drug-likeness (QED) is 0.759. The van der Waals surface area contributed by atoms with Gasteiger partial charge >= 0.3 is 0 Å². The molecule has 0 aromatic carbocycles. The predicted molar refractivity (Wildman–Crippen MR) is 65.0 cm³/mol. The predicted octanol–water partition coefficient (Wildman–Crippen LogP) is 4.70. The summed E-state index contributed by atoms with van der Waals surface area (Å²) in [6.07, 6.45) is 1.74. The first kappa shape index (κ1) is 10.3. The Morgan fingerprint density at radius 3 is 2.93 bits per heavy atom. The van der Waals surface area contributed by atoms with E-state index in [1.807, 2.05) is 24.8 Å². The van der Waals surface area contributed by atoms with E-state index in [1.165, 1.54) is 14.2 Å². The first-order valence-electron chi connectivity index (χ1n) is 4.16. The van der Waals surface area contributed by atoms with Crippen molar-refractivity contribution in [1.82, 2.24) is 0 Å². The number of thiophene rings is 1. The molecule has 2 heterocycles. The summed E-state index contributed by atoms with van der Waals surface area (Å²) in [5.41, 5.74) is 1.35. The van der Waals surface area contributed by atoms with E-state index < -0.39 is 0 Å². The molecule has 0 aliphatic heterocycles. The van der Waals surface area contributed by atoms with Crippen molar-refractivity contribution in [2.75, 3.05) is 0 Å². The minimum Gasteiger partial charge on any atom is -0.468 e. The van der Waals surface area contributed by atoms with Crippen molar-refractivity contribution in [1.29, 1.82) is 0 Å². The minimum absolute atomic E-state index is 0.991. The average molecular weight is 289 g/mol. The molecular weight excluding hydrogens is 280 g/mol. The minimum atomic E-state index is 0.991. The van der Waals surface area contributed by atoms with Crippen molar-refractivity contribution in [2.24, 2.45) is 0 Å². The van der Waals surface area contributed by atoms with Gasteiger partial charge in [0.15, 0.2) is 0 Å². The van der Waals surface area contributed by atoms with Crippen LogP contribution in [0.25, 0.3) is 0 Å². The van der Waals surface area contributed by atoms with Gasteiger partial charge < -0.3 is 4.42 Å². The Hall–Kier alpha value is -0.190. The van der Waals surface area contributed by atoms with Gasteiger partial charge in [0.05, 0.1) is 10.0 Å². The lowest BCUT2D eigenvalue weighted by Gasteiger charge is -1.98. The van der Waals surface area contributed by atoms with Crippen molar-refractivity contribution in [3.8, 4) is 0 Å². The Bertz CT molecular complexity index is 379. The van der Waals surface area contributed by atoms with E-state index in [4.69, 9.17) is 4.42 Å². The summed E-state index contributed by atoms with van der Waals surface area (Å²) in [6.45, 7) is 1.99. The smallest absolute Gasteiger partial charge is 0.114 e. The molecule has 0 N–H and O–H groups in total. The van der Waals surface area contributed by atoms with Crippen LogP contribution in [0, 0.1) is 6.92 Å². The van der Waals surface area contributed by atoms with Crippen LogP contribution >= 0.6 is 39.0 Å². The van der Waals surface area contributed by atoms with Gasteiger partial charge in [-0.25, -0.2) is 0 Å². The average Bonchev–Trinajstić information content (AvgIpc) is 2.72. The molecule has 0 bridgehead atoms. The first-order chi connectivity index (χ1) is 6.77. The molecule has 0 aliphatic carbocycles. The summed E-state index contributed by atoms with van der Waals surface area (Å²) in [5.74, 6) is 1.99. The number of furan rings is 1. The molecule has 2 rings (SSSR count). The molecule has 4 heteroatoms. The first-order valence-corrected chi connectivity index (χ1v) is 6.82. The molecule has 2 aromatic heterocycles. The lowest BCUT2D eigenvalue weighted by molar-refractivity contribution is 0.527. The third kappa shape index (κ3) is 2.24. The molecule has 0 unspecified atom stereocenters. The van der Waals surface area contributed by atoms with Gasteiger partial charge in [0.1, 0.15) is 5.76 Å². The zero-order valence-corrected chi connectivity index (χ0v) is 10.8. The molecule has 0 spiro atoms. The summed E-state index contributed by atoms with van der Waals surface area (Å²) in [5, 5.41) is 2.10. The molecule has 1 nitrogen and oxygen atoms in total. The Kier molecular flexibility index (Phi) is 3.36. The summed E-state index contributed by atoms with van der Waals surface area (Å²) >= 11 is 7.07. The molecule has 0 saturated carbocycles. The van der Waals surface area contributed by atoms with E-state index in [9.17, 15) is 0 Å². The molecule has 0 radical (unpaired) electrons. The van der Waals surface area contributed by atoms with Gasteiger partial charge in [0, 0.05) is 10.6 Å². The number of aryl methyl sites for hydroxylation is 1. The second kappa shape index (κ2) is 4.55. The number of hydrogen-bond donors (Lipinski definition) is 0. The molecule has 0 aliphatic rings. The molecule has 0 amide bonds. The topological polar surface area (TPSA) is 13.1 Å². The Balaban J connectivity index is 2.02. The lowest BCUT2D eigenvalue weighted by Crippen LogP contribution is -1.77. The molecule has 74 valence electrons. The van der Waals surface area contributed by atoms with E-state index in [-0.39, 0.29) is 0 Å². The number of rotatable bonds is 3. The van der Waals surface area contributed by atoms with Crippen molar-refractivity contribution >= 4 is 39.0 Å². The van der Waals surface area contributed by atoms with Crippen LogP contribution in [0.15, 0.2) is 36.9 Å². The van der Waals surface area contributed by atoms with Gasteiger partial charge in [-0.1, -0.05) is 0 Å². The maximum absolute atomic E-state index is 5.23. The van der Waals surface area contributed by atoms with Crippen LogP contribution in [0.5, 0.6) is 0 Å². The lowest BCUT2D eigenvalue weighted by atomic mass is 10.4. The van der Waals surface area contributed by atoms with E-state index in [1.54, 1.807) is 17.6 Å². The maximum atomic E-state index is 5.23. The summed E-state index contributed by atoms with van der Waals surface area (Å²) in [4.78, 5) is 1.23. The number of thioether (sulfide) groups is 1. The van der Waals surface area contributed by atoms with Gasteiger partial charge in [0.25, 0.3) is 0 Å². The SMILES string of the molecule is Cc1occc1SCc1ccsc1Br. The molecule has 2 aromatic rings. The second-order valence-electron chi connectivity index (χ2n) is 2.85. The van der Waals surface area contributed by atoms with Crippen LogP contribution in [-0.4, -0.2) is 0 Å². The van der Waals surface area contributed by atoms with Crippen molar-refractivity contribution in [3.05, 3.63) is 38.9 Å². The van der Waals surface area contributed by atoms with Crippen molar-refractivity contribution < 1.29 is 4.42 Å². The monoisotopic (exact) mass is 288 g/mol. The summed E-state index contributed by atoms with van der Waals surface area (Å²) < 4.78 is 6.46. The van der Waals surface area contributed by atoms with E-state index in [2.05, 4.69) is 27.4 Å². The highest BCUT2D eigenvalue weighted by Crippen LogP contribution is 2.31. The molecule has 0 atom stereocenters. The summed E-state index contributed by atoms with van der Waals surface area (Å²) in [7, 11) is 0. The third-order valence-electron chi connectivity index (χ3n) is 1.89. The Morgan fingerprint density at radius 2 is 2.36 bits per heavy atom. The summed E-state index contributed by atoms with van der Waals surface area (Å²) in [6, 6.07) is 4.16. The van der Waals surface area contributed by atoms with Crippen LogP contribution in [0.2, 0.25) is 0 Å². The fraction of sp³-hybridized carbons (Fsp3) is 0.200. The number of halogens is 1. The zero-order chi connectivity index (χ0) is 9.97. The van der Waals surface area contributed by atoms with Gasteiger partial charge in [-0.3, -0.25) is 0 Å². The Morgan fingerprint density at radius 1 is 1.50 bits per heavy atom. The van der Waals surface area contributed by atoms with Crippen LogP contribution in [0.1, 0.15) is 11.3 Å². The standard InChI is InChI=1S/C10H9BrOS2/c1-7-9(2-4-12-7)14-6-8-3-5-13-10(8)11/h2-5H,6H2,1H3. The Labute approximate surface area is 99.6 Å².